The fourth-order valence-corrected chi connectivity index (χ4v) is 5.26. The summed E-state index contributed by atoms with van der Waals surface area (Å²) in [6.07, 6.45) is 1.36. The van der Waals surface area contributed by atoms with Crippen molar-refractivity contribution >= 4 is 43.5 Å². The maximum atomic E-state index is 13.9. The first kappa shape index (κ1) is 29.4. The molecule has 38 heavy (non-hydrogen) atoms. The van der Waals surface area contributed by atoms with Crippen molar-refractivity contribution in [3.8, 4) is 0 Å². The van der Waals surface area contributed by atoms with Crippen LogP contribution < -0.4 is 9.62 Å². The molecule has 9 heteroatoms. The van der Waals surface area contributed by atoms with E-state index in [1.165, 1.54) is 11.9 Å². The smallest absolute Gasteiger partial charge is 0.244 e. The average Bonchev–Trinajstić information content (AvgIpc) is 2.89. The number of carbonyl (C=O) groups is 2. The molecule has 3 aromatic rings. The Balaban J connectivity index is 2.00. The number of halogens is 1. The SMILES string of the molecule is CNC(=O)[C@H](Cc1ccccc1)N(Cc1ccc(Br)cc1)C(=O)CN(c1ccc(C(C)C)cc1)S(C)(=O)=O. The monoisotopic (exact) mass is 599 g/mol. The minimum Gasteiger partial charge on any atom is -0.357 e. The second kappa shape index (κ2) is 13.1. The van der Waals surface area contributed by atoms with Crippen LogP contribution in [0.15, 0.2) is 83.3 Å². The Kier molecular flexibility index (Phi) is 10.1. The van der Waals surface area contributed by atoms with Gasteiger partial charge >= 0.3 is 0 Å². The van der Waals surface area contributed by atoms with Gasteiger partial charge in [0.1, 0.15) is 12.6 Å². The number of amides is 2. The van der Waals surface area contributed by atoms with E-state index in [-0.39, 0.29) is 24.8 Å². The van der Waals surface area contributed by atoms with Gasteiger partial charge in [0.05, 0.1) is 11.9 Å². The van der Waals surface area contributed by atoms with Crippen molar-refractivity contribution in [1.82, 2.24) is 10.2 Å². The number of nitrogens with zero attached hydrogens (tertiary/aromatic N) is 2. The molecule has 0 saturated carbocycles. The summed E-state index contributed by atoms with van der Waals surface area (Å²) in [5, 5.41) is 2.68. The normalized spacial score (nSPS) is 12.2. The average molecular weight is 601 g/mol. The van der Waals surface area contributed by atoms with Crippen LogP contribution >= 0.6 is 15.9 Å². The van der Waals surface area contributed by atoms with E-state index < -0.39 is 28.5 Å². The van der Waals surface area contributed by atoms with E-state index in [0.717, 1.165) is 31.7 Å². The molecule has 0 radical (unpaired) electrons. The predicted octanol–water partition coefficient (Wildman–Crippen LogP) is 4.72. The van der Waals surface area contributed by atoms with Crippen molar-refractivity contribution in [2.75, 3.05) is 24.2 Å². The summed E-state index contributed by atoms with van der Waals surface area (Å²) in [6.45, 7) is 3.82. The molecular weight excluding hydrogens is 566 g/mol. The van der Waals surface area contributed by atoms with E-state index in [2.05, 4.69) is 35.1 Å². The number of rotatable bonds is 11. The fourth-order valence-electron chi connectivity index (χ4n) is 4.15. The maximum Gasteiger partial charge on any atom is 0.244 e. The van der Waals surface area contributed by atoms with E-state index in [1.54, 1.807) is 12.1 Å². The van der Waals surface area contributed by atoms with Crippen molar-refractivity contribution in [3.05, 3.63) is 100 Å². The van der Waals surface area contributed by atoms with E-state index in [4.69, 9.17) is 0 Å². The third kappa shape index (κ3) is 7.91. The van der Waals surface area contributed by atoms with Gasteiger partial charge in [-0.15, -0.1) is 0 Å². The molecule has 1 atom stereocenters. The quantitative estimate of drug-likeness (QED) is 0.345. The molecule has 7 nitrogen and oxygen atoms in total. The van der Waals surface area contributed by atoms with Gasteiger partial charge in [-0.3, -0.25) is 13.9 Å². The van der Waals surface area contributed by atoms with Crippen LogP contribution in [-0.4, -0.2) is 51.0 Å². The molecular formula is C29H34BrN3O4S. The van der Waals surface area contributed by atoms with Gasteiger partial charge < -0.3 is 10.2 Å². The molecule has 1 N–H and O–H groups in total. The van der Waals surface area contributed by atoms with Gasteiger partial charge in [-0.1, -0.05) is 84.4 Å². The zero-order chi connectivity index (χ0) is 27.9. The van der Waals surface area contributed by atoms with Crippen molar-refractivity contribution in [1.29, 1.82) is 0 Å². The lowest BCUT2D eigenvalue weighted by Gasteiger charge is -2.33. The topological polar surface area (TPSA) is 86.8 Å². The summed E-state index contributed by atoms with van der Waals surface area (Å²) in [5.74, 6) is -0.521. The van der Waals surface area contributed by atoms with Gasteiger partial charge in [0.15, 0.2) is 0 Å². The minimum absolute atomic E-state index is 0.140. The van der Waals surface area contributed by atoms with Gasteiger partial charge in [-0.2, -0.15) is 0 Å². The minimum atomic E-state index is -3.79. The highest BCUT2D eigenvalue weighted by Gasteiger charge is 2.32. The number of benzene rings is 3. The van der Waals surface area contributed by atoms with Crippen LogP contribution in [0.4, 0.5) is 5.69 Å². The van der Waals surface area contributed by atoms with E-state index >= 15 is 0 Å². The zero-order valence-corrected chi connectivity index (χ0v) is 24.5. The molecule has 0 bridgehead atoms. The summed E-state index contributed by atoms with van der Waals surface area (Å²) >= 11 is 3.42. The zero-order valence-electron chi connectivity index (χ0n) is 22.1. The lowest BCUT2D eigenvalue weighted by molar-refractivity contribution is -0.139. The van der Waals surface area contributed by atoms with Crippen LogP contribution in [0.25, 0.3) is 0 Å². The molecule has 2 amide bonds. The van der Waals surface area contributed by atoms with Gasteiger partial charge in [0, 0.05) is 24.5 Å². The molecule has 0 aliphatic heterocycles. The molecule has 3 rings (SSSR count). The van der Waals surface area contributed by atoms with Gasteiger partial charge in [-0.05, 0) is 46.9 Å². The third-order valence-electron chi connectivity index (χ3n) is 6.31. The van der Waals surface area contributed by atoms with Gasteiger partial charge in [-0.25, -0.2) is 8.42 Å². The Morgan fingerprint density at radius 3 is 2.03 bits per heavy atom. The Labute approximate surface area is 234 Å². The molecule has 0 aliphatic carbocycles. The highest BCUT2D eigenvalue weighted by atomic mass is 79.9. The first-order valence-electron chi connectivity index (χ1n) is 12.4. The third-order valence-corrected chi connectivity index (χ3v) is 7.98. The molecule has 3 aromatic carbocycles. The van der Waals surface area contributed by atoms with Crippen LogP contribution in [-0.2, 0) is 32.6 Å². The van der Waals surface area contributed by atoms with Crippen molar-refractivity contribution < 1.29 is 18.0 Å². The molecule has 0 aliphatic rings. The van der Waals surface area contributed by atoms with Crippen LogP contribution in [0, 0.1) is 0 Å². The molecule has 0 aromatic heterocycles. The van der Waals surface area contributed by atoms with E-state index in [0.29, 0.717) is 5.69 Å². The van der Waals surface area contributed by atoms with Crippen LogP contribution in [0.1, 0.15) is 36.5 Å². The van der Waals surface area contributed by atoms with Crippen molar-refractivity contribution in [2.45, 2.75) is 38.8 Å². The number of hydrogen-bond acceptors (Lipinski definition) is 4. The molecule has 0 unspecified atom stereocenters. The second-order valence-corrected chi connectivity index (χ2v) is 12.3. The lowest BCUT2D eigenvalue weighted by Crippen LogP contribution is -2.52. The number of anilines is 1. The second-order valence-electron chi connectivity index (χ2n) is 9.48. The van der Waals surface area contributed by atoms with E-state index in [1.807, 2.05) is 66.7 Å². The highest BCUT2D eigenvalue weighted by Crippen LogP contribution is 2.23. The largest absolute Gasteiger partial charge is 0.357 e. The number of sulfonamides is 1. The molecule has 0 fully saturated rings. The first-order valence-corrected chi connectivity index (χ1v) is 15.0. The number of carbonyl (C=O) groups excluding carboxylic acids is 2. The van der Waals surface area contributed by atoms with Crippen LogP contribution in [0.5, 0.6) is 0 Å². The Morgan fingerprint density at radius 1 is 0.895 bits per heavy atom. The molecule has 202 valence electrons. The molecule has 0 heterocycles. The van der Waals surface area contributed by atoms with E-state index in [9.17, 15) is 18.0 Å². The van der Waals surface area contributed by atoms with Crippen molar-refractivity contribution in [3.63, 3.8) is 0 Å². The molecule has 0 spiro atoms. The van der Waals surface area contributed by atoms with Gasteiger partial charge in [0.25, 0.3) is 0 Å². The Bertz CT molecular complexity index is 1330. The summed E-state index contributed by atoms with van der Waals surface area (Å²) < 4.78 is 27.6. The van der Waals surface area contributed by atoms with Gasteiger partial charge in [0.2, 0.25) is 21.8 Å². The summed E-state index contributed by atoms with van der Waals surface area (Å²) in [6, 6.07) is 23.2. The Hall–Kier alpha value is -3.17. The number of nitrogens with one attached hydrogen (secondary N) is 1. The van der Waals surface area contributed by atoms with Crippen molar-refractivity contribution in [2.24, 2.45) is 0 Å². The highest BCUT2D eigenvalue weighted by molar-refractivity contribution is 9.10. The molecule has 0 saturated heterocycles. The maximum absolute atomic E-state index is 13.9. The fraction of sp³-hybridized carbons (Fsp3) is 0.310. The predicted molar refractivity (Wildman–Crippen MR) is 155 cm³/mol. The standard InChI is InChI=1S/C29H34BrN3O4S/c1-21(2)24-12-16-26(17-13-24)33(38(4,36)37)20-28(34)32(19-23-10-14-25(30)15-11-23)27(29(35)31-3)18-22-8-6-5-7-9-22/h5-17,21,27H,18-20H2,1-4H3,(H,31,35)/t27-/m0/s1. The number of hydrogen-bond donors (Lipinski definition) is 1. The first-order chi connectivity index (χ1) is 18.0. The summed E-state index contributed by atoms with van der Waals surface area (Å²) in [5.41, 5.74) is 3.16. The Morgan fingerprint density at radius 2 is 1.50 bits per heavy atom. The lowest BCUT2D eigenvalue weighted by atomic mass is 10.0. The van der Waals surface area contributed by atoms with Crippen LogP contribution in [0.3, 0.4) is 0 Å². The van der Waals surface area contributed by atoms with Crippen LogP contribution in [0.2, 0.25) is 0 Å². The summed E-state index contributed by atoms with van der Waals surface area (Å²) in [4.78, 5) is 28.5. The number of likely N-dealkylation sites (N-methyl/N-ethyl adjacent to an activating group) is 1. The summed E-state index contributed by atoms with van der Waals surface area (Å²) in [7, 11) is -2.26.